The summed E-state index contributed by atoms with van der Waals surface area (Å²) in [5.74, 6) is 0. The molecule has 2 aromatic carbocycles. The number of anilines is 1. The van der Waals surface area contributed by atoms with Gasteiger partial charge in [0.1, 0.15) is 0 Å². The minimum atomic E-state index is -3.46. The van der Waals surface area contributed by atoms with Gasteiger partial charge in [-0.3, -0.25) is 0 Å². The van der Waals surface area contributed by atoms with E-state index in [9.17, 15) is 8.42 Å². The molecule has 1 heterocycles. The van der Waals surface area contributed by atoms with Crippen LogP contribution in [-0.2, 0) is 10.0 Å². The van der Waals surface area contributed by atoms with E-state index in [1.807, 2.05) is 30.3 Å². The van der Waals surface area contributed by atoms with E-state index in [0.717, 1.165) is 10.2 Å². The molecule has 3 rings (SSSR count). The molecular weight excluding hydrogens is 400 g/mol. The minimum absolute atomic E-state index is 0.318. The first-order chi connectivity index (χ1) is 11.0. The summed E-state index contributed by atoms with van der Waals surface area (Å²) in [5.41, 5.74) is 0.952. The molecule has 0 bridgehead atoms. The van der Waals surface area contributed by atoms with Crippen LogP contribution in [0.2, 0.25) is 5.02 Å². The van der Waals surface area contributed by atoms with E-state index < -0.39 is 10.0 Å². The van der Waals surface area contributed by atoms with Crippen molar-refractivity contribution in [3.63, 3.8) is 0 Å². The van der Waals surface area contributed by atoms with Gasteiger partial charge in [0.25, 0.3) is 0 Å². The quantitative estimate of drug-likeness (QED) is 0.769. The van der Waals surface area contributed by atoms with Gasteiger partial charge in [-0.25, -0.2) is 8.42 Å². The Bertz CT molecular complexity index is 805. The van der Waals surface area contributed by atoms with Crippen LogP contribution in [0.15, 0.2) is 57.9 Å². The third-order valence-electron chi connectivity index (χ3n) is 3.87. The lowest BCUT2D eigenvalue weighted by Gasteiger charge is -2.35. The summed E-state index contributed by atoms with van der Waals surface area (Å²) in [6, 6.07) is 14.4. The first-order valence-corrected chi connectivity index (χ1v) is 9.85. The van der Waals surface area contributed by atoms with Gasteiger partial charge in [-0.2, -0.15) is 4.31 Å². The smallest absolute Gasteiger partial charge is 0.243 e. The van der Waals surface area contributed by atoms with Crippen LogP contribution in [0, 0.1) is 0 Å². The molecule has 1 saturated heterocycles. The molecule has 2 aromatic rings. The van der Waals surface area contributed by atoms with Crippen molar-refractivity contribution in [3.05, 3.63) is 58.0 Å². The highest BCUT2D eigenvalue weighted by Crippen LogP contribution is 2.27. The van der Waals surface area contributed by atoms with Gasteiger partial charge in [0.2, 0.25) is 10.0 Å². The largest absolute Gasteiger partial charge is 0.368 e. The van der Waals surface area contributed by atoms with Gasteiger partial charge in [-0.1, -0.05) is 45.7 Å². The van der Waals surface area contributed by atoms with Gasteiger partial charge in [-0.15, -0.1) is 0 Å². The van der Waals surface area contributed by atoms with Gasteiger partial charge in [0.05, 0.1) is 15.6 Å². The zero-order valence-corrected chi connectivity index (χ0v) is 15.5. The van der Waals surface area contributed by atoms with Gasteiger partial charge < -0.3 is 4.90 Å². The molecule has 0 aromatic heterocycles. The van der Waals surface area contributed by atoms with Crippen molar-refractivity contribution in [1.29, 1.82) is 0 Å². The second kappa shape index (κ2) is 6.81. The Morgan fingerprint density at radius 3 is 2.30 bits per heavy atom. The van der Waals surface area contributed by atoms with E-state index in [1.54, 1.807) is 18.2 Å². The molecule has 4 nitrogen and oxygen atoms in total. The summed E-state index contributed by atoms with van der Waals surface area (Å²) in [5, 5.41) is 0.691. The molecular formula is C16H16BrClN2O2S. The van der Waals surface area contributed by atoms with Crippen molar-refractivity contribution >= 4 is 43.2 Å². The van der Waals surface area contributed by atoms with Crippen molar-refractivity contribution in [1.82, 2.24) is 4.31 Å². The number of para-hydroxylation sites is 1. The number of hydrogen-bond donors (Lipinski definition) is 0. The highest BCUT2D eigenvalue weighted by molar-refractivity contribution is 9.10. The maximum atomic E-state index is 12.7. The van der Waals surface area contributed by atoms with E-state index in [0.29, 0.717) is 36.1 Å². The highest BCUT2D eigenvalue weighted by atomic mass is 79.9. The lowest BCUT2D eigenvalue weighted by Crippen LogP contribution is -2.48. The fraction of sp³-hybridized carbons (Fsp3) is 0.250. The summed E-state index contributed by atoms with van der Waals surface area (Å²) < 4.78 is 27.7. The standard InChI is InChI=1S/C16H16BrClN2O2S/c17-13-4-3-5-14(12-13)23(21,22)20-10-8-19(9-11-20)16-7-2-1-6-15(16)18/h1-7,12H,8-11H2. The molecule has 23 heavy (non-hydrogen) atoms. The van der Waals surface area contributed by atoms with E-state index in [-0.39, 0.29) is 0 Å². The molecule has 122 valence electrons. The molecule has 0 N–H and O–H groups in total. The number of piperazine rings is 1. The van der Waals surface area contributed by atoms with Crippen LogP contribution in [0.5, 0.6) is 0 Å². The molecule has 1 aliphatic heterocycles. The summed E-state index contributed by atoms with van der Waals surface area (Å²) in [6.07, 6.45) is 0. The molecule has 7 heteroatoms. The van der Waals surface area contributed by atoms with Gasteiger partial charge in [-0.05, 0) is 30.3 Å². The zero-order valence-electron chi connectivity index (χ0n) is 12.3. The Labute approximate surface area is 149 Å². The van der Waals surface area contributed by atoms with E-state index in [4.69, 9.17) is 11.6 Å². The number of benzene rings is 2. The van der Waals surface area contributed by atoms with Crippen LogP contribution in [-0.4, -0.2) is 38.9 Å². The average Bonchev–Trinajstić information content (AvgIpc) is 2.55. The first kappa shape index (κ1) is 16.8. The Morgan fingerprint density at radius 1 is 0.957 bits per heavy atom. The first-order valence-electron chi connectivity index (χ1n) is 7.24. The average molecular weight is 416 g/mol. The molecule has 0 spiro atoms. The summed E-state index contributed by atoms with van der Waals surface area (Å²) in [4.78, 5) is 2.44. The van der Waals surface area contributed by atoms with Crippen LogP contribution >= 0.6 is 27.5 Å². The number of sulfonamides is 1. The molecule has 1 fully saturated rings. The van der Waals surface area contributed by atoms with E-state index in [2.05, 4.69) is 20.8 Å². The predicted octanol–water partition coefficient (Wildman–Crippen LogP) is 3.61. The molecule has 1 aliphatic rings. The van der Waals surface area contributed by atoms with Crippen LogP contribution in [0.3, 0.4) is 0 Å². The third kappa shape index (κ3) is 3.55. The molecule has 0 aliphatic carbocycles. The topological polar surface area (TPSA) is 40.6 Å². The lowest BCUT2D eigenvalue weighted by molar-refractivity contribution is 0.385. The second-order valence-corrected chi connectivity index (χ2v) is 8.56. The maximum absolute atomic E-state index is 12.7. The van der Waals surface area contributed by atoms with Crippen molar-refractivity contribution in [2.24, 2.45) is 0 Å². The van der Waals surface area contributed by atoms with Crippen molar-refractivity contribution in [3.8, 4) is 0 Å². The van der Waals surface area contributed by atoms with Gasteiger partial charge in [0, 0.05) is 30.7 Å². The lowest BCUT2D eigenvalue weighted by atomic mass is 10.2. The Kier molecular flexibility index (Phi) is 4.96. The fourth-order valence-corrected chi connectivity index (χ4v) is 4.93. The second-order valence-electron chi connectivity index (χ2n) is 5.30. The summed E-state index contributed by atoms with van der Waals surface area (Å²) in [7, 11) is -3.46. The summed E-state index contributed by atoms with van der Waals surface area (Å²) >= 11 is 9.54. The van der Waals surface area contributed by atoms with Gasteiger partial charge in [0.15, 0.2) is 0 Å². The molecule has 0 radical (unpaired) electrons. The number of nitrogens with zero attached hydrogens (tertiary/aromatic N) is 2. The molecule has 0 unspecified atom stereocenters. The third-order valence-corrected chi connectivity index (χ3v) is 6.57. The molecule has 0 amide bonds. The Balaban J connectivity index is 1.75. The van der Waals surface area contributed by atoms with E-state index >= 15 is 0 Å². The van der Waals surface area contributed by atoms with E-state index in [1.165, 1.54) is 4.31 Å². The van der Waals surface area contributed by atoms with Crippen molar-refractivity contribution < 1.29 is 8.42 Å². The number of halogens is 2. The predicted molar refractivity (Wildman–Crippen MR) is 96.6 cm³/mol. The van der Waals surface area contributed by atoms with Crippen LogP contribution in [0.1, 0.15) is 0 Å². The monoisotopic (exact) mass is 414 g/mol. The van der Waals surface area contributed by atoms with Crippen molar-refractivity contribution in [2.45, 2.75) is 4.90 Å². The molecule has 0 saturated carbocycles. The highest BCUT2D eigenvalue weighted by Gasteiger charge is 2.29. The normalized spacial score (nSPS) is 16.5. The summed E-state index contributed by atoms with van der Waals surface area (Å²) in [6.45, 7) is 2.13. The zero-order chi connectivity index (χ0) is 16.4. The number of hydrogen-bond acceptors (Lipinski definition) is 3. The van der Waals surface area contributed by atoms with Gasteiger partial charge >= 0.3 is 0 Å². The van der Waals surface area contributed by atoms with Crippen LogP contribution < -0.4 is 4.90 Å². The van der Waals surface area contributed by atoms with Crippen LogP contribution in [0.25, 0.3) is 0 Å². The SMILES string of the molecule is O=S(=O)(c1cccc(Br)c1)N1CCN(c2ccccc2Cl)CC1. The Morgan fingerprint density at radius 2 is 1.65 bits per heavy atom. The number of rotatable bonds is 3. The Hall–Kier alpha value is -1.08. The van der Waals surface area contributed by atoms with Crippen LogP contribution in [0.4, 0.5) is 5.69 Å². The minimum Gasteiger partial charge on any atom is -0.368 e. The maximum Gasteiger partial charge on any atom is 0.243 e. The fourth-order valence-electron chi connectivity index (χ4n) is 2.65. The van der Waals surface area contributed by atoms with Crippen molar-refractivity contribution in [2.75, 3.05) is 31.1 Å². The molecule has 0 atom stereocenters.